The summed E-state index contributed by atoms with van der Waals surface area (Å²) >= 11 is 0. The molecule has 0 radical (unpaired) electrons. The summed E-state index contributed by atoms with van der Waals surface area (Å²) in [7, 11) is 0. The van der Waals surface area contributed by atoms with Crippen molar-refractivity contribution in [2.45, 2.75) is 104 Å². The minimum absolute atomic E-state index is 0.818. The molecule has 0 aliphatic carbocycles. The fourth-order valence-electron chi connectivity index (χ4n) is 5.40. The second-order valence-corrected chi connectivity index (χ2v) is 10.3. The summed E-state index contributed by atoms with van der Waals surface area (Å²) in [4.78, 5) is 24.5. The molecule has 20 nitrogen and oxygen atoms in total. The van der Waals surface area contributed by atoms with Crippen molar-refractivity contribution in [2.24, 2.45) is 0 Å². The van der Waals surface area contributed by atoms with Crippen LogP contribution in [0.3, 0.4) is 0 Å². The molecule has 4 heterocycles. The molecule has 42 heavy (non-hydrogen) atoms. The molecular weight excluding hydrogens is 582 g/mol. The second kappa shape index (κ2) is 13.0. The average Bonchev–Trinajstić information content (AvgIpc) is 2.95. The fraction of sp³-hybridized carbons (Fsp3) is 0.909. The first-order chi connectivity index (χ1) is 19.8. The largest absolute Gasteiger partial charge is 0.465 e. The van der Waals surface area contributed by atoms with E-state index in [2.05, 4.69) is 0 Å². The molecule has 242 valence electrons. The first-order valence-corrected chi connectivity index (χ1v) is 12.9. The van der Waals surface area contributed by atoms with Gasteiger partial charge in [0.05, 0.1) is 32.0 Å². The van der Waals surface area contributed by atoms with Gasteiger partial charge in [0.25, 0.3) is 5.79 Å². The molecule has 4 fully saturated rings. The standard InChI is InChI=1S/C22H35NO19/c24-2-6(28)10(29)16-9(23-21(35)36)5(27)1-22(41-16)20(34)40-15-8(4-26)38-19(13(32)17(15)42-22)39-14-7(3-25)37-18(33)12(31)11(14)30/h5-19,23-33H,1-4H2,(H,35,36)/t5-,6-,7-,8+,9+,10-,11-,12+,13+,14+,15?,16?,17?,18?,19-,22?/m0/s1. The van der Waals surface area contributed by atoms with Crippen LogP contribution in [-0.2, 0) is 33.2 Å². The van der Waals surface area contributed by atoms with Gasteiger partial charge in [-0.25, -0.2) is 9.59 Å². The highest BCUT2D eigenvalue weighted by molar-refractivity contribution is 5.79. The fourth-order valence-corrected chi connectivity index (χ4v) is 5.40. The maximum atomic E-state index is 13.2. The maximum Gasteiger partial charge on any atom is 0.405 e. The third kappa shape index (κ3) is 6.06. The zero-order valence-corrected chi connectivity index (χ0v) is 21.7. The predicted molar refractivity (Wildman–Crippen MR) is 124 cm³/mol. The van der Waals surface area contributed by atoms with Crippen molar-refractivity contribution in [1.82, 2.24) is 5.32 Å². The molecule has 20 heteroatoms. The normalized spacial score (nSPS) is 47.3. The van der Waals surface area contributed by atoms with Gasteiger partial charge in [-0.05, 0) is 0 Å². The molecule has 5 unspecified atom stereocenters. The molecule has 1 spiro atoms. The van der Waals surface area contributed by atoms with Gasteiger partial charge in [0.2, 0.25) is 0 Å². The molecule has 16 atom stereocenters. The Labute approximate surface area is 236 Å². The number of nitrogens with one attached hydrogen (secondary N) is 1. The van der Waals surface area contributed by atoms with E-state index in [1.54, 1.807) is 0 Å². The van der Waals surface area contributed by atoms with Crippen molar-refractivity contribution in [3.8, 4) is 0 Å². The third-order valence-electron chi connectivity index (χ3n) is 7.59. The summed E-state index contributed by atoms with van der Waals surface area (Å²) in [6.07, 6.45) is -27.3. The van der Waals surface area contributed by atoms with Crippen LogP contribution in [0, 0.1) is 0 Å². The van der Waals surface area contributed by atoms with Gasteiger partial charge >= 0.3 is 12.1 Å². The number of esters is 1. The zero-order chi connectivity index (χ0) is 31.1. The number of ether oxygens (including phenoxy) is 6. The van der Waals surface area contributed by atoms with Crippen molar-refractivity contribution in [1.29, 1.82) is 0 Å². The van der Waals surface area contributed by atoms with Crippen molar-refractivity contribution in [3.05, 3.63) is 0 Å². The lowest BCUT2D eigenvalue weighted by Gasteiger charge is -2.54. The van der Waals surface area contributed by atoms with E-state index in [9.17, 15) is 65.8 Å². The molecule has 4 aliphatic heterocycles. The van der Waals surface area contributed by atoms with Crippen LogP contribution >= 0.6 is 0 Å². The van der Waals surface area contributed by atoms with E-state index >= 15 is 0 Å². The van der Waals surface area contributed by atoms with Gasteiger partial charge in [-0.2, -0.15) is 0 Å². The van der Waals surface area contributed by atoms with Gasteiger partial charge < -0.3 is 89.9 Å². The number of hydrogen-bond acceptors (Lipinski definition) is 18. The first-order valence-electron chi connectivity index (χ1n) is 12.9. The zero-order valence-electron chi connectivity index (χ0n) is 21.7. The van der Waals surface area contributed by atoms with Crippen molar-refractivity contribution in [2.75, 3.05) is 19.8 Å². The number of carboxylic acid groups (broad SMARTS) is 1. The summed E-state index contributed by atoms with van der Waals surface area (Å²) in [6.45, 7) is -2.68. The molecule has 0 bridgehead atoms. The highest BCUT2D eigenvalue weighted by atomic mass is 16.8. The number of aliphatic hydroxyl groups excluding tert-OH is 10. The lowest BCUT2D eigenvalue weighted by atomic mass is 9.87. The van der Waals surface area contributed by atoms with Gasteiger partial charge in [-0.15, -0.1) is 0 Å². The number of amides is 1. The first kappa shape index (κ1) is 33.0. The molecular formula is C22H35NO19. The Morgan fingerprint density at radius 1 is 0.952 bits per heavy atom. The number of fused-ring (bicyclic) bond motifs is 1. The Balaban J connectivity index is 1.61. The molecule has 12 N–H and O–H groups in total. The van der Waals surface area contributed by atoms with Gasteiger partial charge in [0, 0.05) is 6.42 Å². The molecule has 4 rings (SSSR count). The van der Waals surface area contributed by atoms with Gasteiger partial charge in [0.1, 0.15) is 61.0 Å². The van der Waals surface area contributed by atoms with E-state index in [0.717, 1.165) is 0 Å². The summed E-state index contributed by atoms with van der Waals surface area (Å²) in [5, 5.41) is 112. The number of carbonyl (C=O) groups excluding carboxylic acids is 1. The lowest BCUT2D eigenvalue weighted by Crippen LogP contribution is -2.74. The SMILES string of the molecule is O=C(O)N[C@H]1C([C@@H](O)[C@@H](O)CO)OC2(C[C@@H]1O)OC1C(OC2=O)[C@@H](CO)O[C@@H](O[C@H]2[C@@H](O)[C@@H](O)C(O)O[C@H]2CO)[C@@H]1O. The van der Waals surface area contributed by atoms with Gasteiger partial charge in [-0.1, -0.05) is 0 Å². The van der Waals surface area contributed by atoms with Crippen LogP contribution in [0.1, 0.15) is 6.42 Å². The smallest absolute Gasteiger partial charge is 0.405 e. The summed E-state index contributed by atoms with van der Waals surface area (Å²) in [6, 6.07) is -1.65. The minimum Gasteiger partial charge on any atom is -0.465 e. The highest BCUT2D eigenvalue weighted by Crippen LogP contribution is 2.42. The molecule has 4 saturated heterocycles. The topological polar surface area (TPSA) is 324 Å². The predicted octanol–water partition coefficient (Wildman–Crippen LogP) is -7.61. The van der Waals surface area contributed by atoms with Crippen molar-refractivity contribution >= 4 is 12.1 Å². The molecule has 0 aromatic rings. The van der Waals surface area contributed by atoms with E-state index in [1.807, 2.05) is 5.32 Å². The summed E-state index contributed by atoms with van der Waals surface area (Å²) in [5.41, 5.74) is 0. The Morgan fingerprint density at radius 2 is 1.62 bits per heavy atom. The number of carbonyl (C=O) groups is 2. The Bertz CT molecular complexity index is 957. The van der Waals surface area contributed by atoms with E-state index in [4.69, 9.17) is 28.4 Å². The van der Waals surface area contributed by atoms with E-state index in [-0.39, 0.29) is 0 Å². The summed E-state index contributed by atoms with van der Waals surface area (Å²) < 4.78 is 32.8. The quantitative estimate of drug-likeness (QED) is 0.112. The number of aliphatic hydroxyl groups is 10. The van der Waals surface area contributed by atoms with E-state index < -0.39 is 136 Å². The molecule has 0 aromatic heterocycles. The van der Waals surface area contributed by atoms with Crippen LogP contribution in [0.5, 0.6) is 0 Å². The van der Waals surface area contributed by atoms with Gasteiger partial charge in [0.15, 0.2) is 18.7 Å². The number of rotatable bonds is 8. The molecule has 4 aliphatic rings. The Hall–Kier alpha value is -1.86. The van der Waals surface area contributed by atoms with Crippen LogP contribution in [-0.4, -0.2) is 186 Å². The number of hydrogen-bond donors (Lipinski definition) is 12. The highest BCUT2D eigenvalue weighted by Gasteiger charge is 2.64. The van der Waals surface area contributed by atoms with Crippen LogP contribution in [0.2, 0.25) is 0 Å². The second-order valence-electron chi connectivity index (χ2n) is 10.3. The van der Waals surface area contributed by atoms with Crippen LogP contribution in [0.4, 0.5) is 4.79 Å². The average molecular weight is 618 g/mol. The van der Waals surface area contributed by atoms with Crippen molar-refractivity contribution in [3.63, 3.8) is 0 Å². The molecule has 0 aromatic carbocycles. The van der Waals surface area contributed by atoms with Crippen molar-refractivity contribution < 1.29 is 94.2 Å². The van der Waals surface area contributed by atoms with Crippen LogP contribution in [0.15, 0.2) is 0 Å². The monoisotopic (exact) mass is 617 g/mol. The van der Waals surface area contributed by atoms with Crippen LogP contribution in [0.25, 0.3) is 0 Å². The lowest BCUT2D eigenvalue weighted by molar-refractivity contribution is -0.404. The molecule has 0 saturated carbocycles. The van der Waals surface area contributed by atoms with E-state index in [0.29, 0.717) is 0 Å². The third-order valence-corrected chi connectivity index (χ3v) is 7.59. The van der Waals surface area contributed by atoms with Gasteiger partial charge in [-0.3, -0.25) is 0 Å². The minimum atomic E-state index is -2.64. The molecule has 1 amide bonds. The van der Waals surface area contributed by atoms with E-state index in [1.165, 1.54) is 0 Å². The summed E-state index contributed by atoms with van der Waals surface area (Å²) in [5.74, 6) is -3.98. The Kier molecular flexibility index (Phi) is 10.2. The Morgan fingerprint density at radius 3 is 2.21 bits per heavy atom. The maximum absolute atomic E-state index is 13.2. The van der Waals surface area contributed by atoms with Crippen LogP contribution < -0.4 is 5.32 Å².